The Morgan fingerprint density at radius 2 is 2.04 bits per heavy atom. The van der Waals surface area contributed by atoms with E-state index in [9.17, 15) is 14.7 Å². The first-order valence-electron chi connectivity index (χ1n) is 7.79. The average molecular weight is 440 g/mol. The summed E-state index contributed by atoms with van der Waals surface area (Å²) in [4.78, 5) is 24.4. The van der Waals surface area contributed by atoms with Gasteiger partial charge in [0.05, 0.1) is 18.0 Å². The van der Waals surface area contributed by atoms with Crippen LogP contribution in [0.2, 0.25) is 0 Å². The highest BCUT2D eigenvalue weighted by Gasteiger charge is 2.48. The van der Waals surface area contributed by atoms with Gasteiger partial charge in [-0.05, 0) is 39.2 Å². The summed E-state index contributed by atoms with van der Waals surface area (Å²) in [6.07, 6.45) is 0.146. The maximum atomic E-state index is 12.3. The van der Waals surface area contributed by atoms with Crippen LogP contribution in [-0.2, 0) is 16.0 Å². The lowest BCUT2D eigenvalue weighted by Gasteiger charge is -2.44. The number of phenolic OH excluding ortho intramolecular Hbond substituents is 1. The number of phenols is 1. The third kappa shape index (κ3) is 3.50. The Balaban J connectivity index is 1.78. The standard InChI is InChI=1S/C18H16BrClN2O4/c1-26-13-9-11(8-12(19)17(13)24)16-15(20)18(25)22(16)21-14(23)7-10-5-3-2-4-6-10/h2-6,8-9,15-16,24H,7H2,1H3,(H,21,23)/t15-,16+/m1/s1. The van der Waals surface area contributed by atoms with Crippen LogP contribution in [0.25, 0.3) is 0 Å². The number of hydrogen-bond donors (Lipinski definition) is 2. The monoisotopic (exact) mass is 438 g/mol. The van der Waals surface area contributed by atoms with Gasteiger partial charge in [0.25, 0.3) is 5.91 Å². The van der Waals surface area contributed by atoms with Crippen LogP contribution >= 0.6 is 27.5 Å². The fraction of sp³-hybridized carbons (Fsp3) is 0.222. The molecule has 1 heterocycles. The number of benzene rings is 2. The van der Waals surface area contributed by atoms with Crippen LogP contribution in [0.1, 0.15) is 17.2 Å². The number of β-lactam (4-membered cyclic amide) rings is 1. The summed E-state index contributed by atoms with van der Waals surface area (Å²) in [5.41, 5.74) is 4.08. The zero-order valence-electron chi connectivity index (χ0n) is 13.8. The van der Waals surface area contributed by atoms with Crippen molar-refractivity contribution in [3.8, 4) is 11.5 Å². The molecule has 2 atom stereocenters. The van der Waals surface area contributed by atoms with E-state index in [4.69, 9.17) is 16.3 Å². The van der Waals surface area contributed by atoms with E-state index in [0.717, 1.165) is 5.56 Å². The first-order valence-corrected chi connectivity index (χ1v) is 9.02. The third-order valence-electron chi connectivity index (χ3n) is 4.09. The molecule has 1 fully saturated rings. The Hall–Kier alpha value is -2.25. The molecule has 0 aliphatic carbocycles. The van der Waals surface area contributed by atoms with E-state index in [0.29, 0.717) is 10.0 Å². The third-order valence-corrected chi connectivity index (χ3v) is 5.12. The summed E-state index contributed by atoms with van der Waals surface area (Å²) in [6, 6.07) is 11.9. The first-order chi connectivity index (χ1) is 12.4. The Morgan fingerprint density at radius 1 is 1.35 bits per heavy atom. The lowest BCUT2D eigenvalue weighted by Crippen LogP contribution is -2.63. The van der Waals surface area contributed by atoms with Gasteiger partial charge in [0, 0.05) is 0 Å². The van der Waals surface area contributed by atoms with Crippen molar-refractivity contribution in [1.29, 1.82) is 0 Å². The second-order valence-electron chi connectivity index (χ2n) is 5.81. The summed E-state index contributed by atoms with van der Waals surface area (Å²) in [5, 5.41) is 10.3. The molecule has 3 rings (SSSR count). The molecule has 1 aliphatic heterocycles. The highest BCUT2D eigenvalue weighted by atomic mass is 79.9. The molecule has 6 nitrogen and oxygen atoms in total. The smallest absolute Gasteiger partial charge is 0.262 e. The molecule has 0 unspecified atom stereocenters. The fourth-order valence-corrected chi connectivity index (χ4v) is 3.59. The zero-order chi connectivity index (χ0) is 18.8. The minimum absolute atomic E-state index is 0.0484. The van der Waals surface area contributed by atoms with Gasteiger partial charge in [-0.15, -0.1) is 11.6 Å². The molecule has 2 N–H and O–H groups in total. The Morgan fingerprint density at radius 3 is 2.69 bits per heavy atom. The number of nitrogens with one attached hydrogen (secondary N) is 1. The summed E-state index contributed by atoms with van der Waals surface area (Å²) in [6.45, 7) is 0. The number of amides is 2. The highest BCUT2D eigenvalue weighted by Crippen LogP contribution is 2.43. The number of nitrogens with zero attached hydrogens (tertiary/aromatic N) is 1. The molecule has 0 spiro atoms. The minimum atomic E-state index is -0.812. The van der Waals surface area contributed by atoms with E-state index in [1.807, 2.05) is 30.3 Å². The number of carbonyl (C=O) groups is 2. The van der Waals surface area contributed by atoms with Gasteiger partial charge < -0.3 is 9.84 Å². The number of alkyl halides is 1. The molecule has 0 radical (unpaired) electrons. The van der Waals surface area contributed by atoms with Crippen molar-refractivity contribution in [3.05, 3.63) is 58.1 Å². The number of carbonyl (C=O) groups excluding carboxylic acids is 2. The highest BCUT2D eigenvalue weighted by molar-refractivity contribution is 9.10. The fourth-order valence-electron chi connectivity index (χ4n) is 2.77. The minimum Gasteiger partial charge on any atom is -0.503 e. The number of hydrogen-bond acceptors (Lipinski definition) is 4. The Labute approximate surface area is 163 Å². The lowest BCUT2D eigenvalue weighted by molar-refractivity contribution is -0.156. The SMILES string of the molecule is COc1cc([C@H]2[C@@H](Cl)C(=O)N2NC(=O)Cc2ccccc2)cc(Br)c1O. The van der Waals surface area contributed by atoms with E-state index in [2.05, 4.69) is 21.4 Å². The summed E-state index contributed by atoms with van der Waals surface area (Å²) in [7, 11) is 1.43. The van der Waals surface area contributed by atoms with Crippen molar-refractivity contribution in [1.82, 2.24) is 10.4 Å². The van der Waals surface area contributed by atoms with Gasteiger partial charge >= 0.3 is 0 Å². The maximum Gasteiger partial charge on any atom is 0.262 e. The van der Waals surface area contributed by atoms with Gasteiger partial charge in [0.2, 0.25) is 5.91 Å². The van der Waals surface area contributed by atoms with Crippen molar-refractivity contribution in [3.63, 3.8) is 0 Å². The number of halogens is 2. The molecule has 2 aromatic carbocycles. The van der Waals surface area contributed by atoms with Crippen LogP contribution < -0.4 is 10.2 Å². The van der Waals surface area contributed by atoms with Crippen LogP contribution in [-0.4, -0.2) is 34.4 Å². The maximum absolute atomic E-state index is 12.3. The number of rotatable bonds is 5. The molecular formula is C18H16BrClN2O4. The van der Waals surface area contributed by atoms with Gasteiger partial charge in [-0.2, -0.15) is 0 Å². The molecule has 0 saturated carbocycles. The predicted octanol–water partition coefficient (Wildman–Crippen LogP) is 2.93. The molecular weight excluding hydrogens is 424 g/mol. The van der Waals surface area contributed by atoms with Gasteiger partial charge in [0.15, 0.2) is 11.5 Å². The molecule has 8 heteroatoms. The molecule has 1 aliphatic rings. The molecule has 2 aromatic rings. The second kappa shape index (κ2) is 7.55. The number of aromatic hydroxyl groups is 1. The van der Waals surface area contributed by atoms with Gasteiger partial charge in [0.1, 0.15) is 11.4 Å². The van der Waals surface area contributed by atoms with Crippen molar-refractivity contribution < 1.29 is 19.4 Å². The van der Waals surface area contributed by atoms with Gasteiger partial charge in [-0.3, -0.25) is 15.0 Å². The molecule has 1 saturated heterocycles. The zero-order valence-corrected chi connectivity index (χ0v) is 16.1. The Kier molecular flexibility index (Phi) is 5.38. The van der Waals surface area contributed by atoms with Crippen LogP contribution in [0.3, 0.4) is 0 Å². The van der Waals surface area contributed by atoms with Crippen molar-refractivity contribution >= 4 is 39.3 Å². The molecule has 2 amide bonds. The van der Waals surface area contributed by atoms with Crippen molar-refractivity contribution in [2.45, 2.75) is 17.8 Å². The summed E-state index contributed by atoms with van der Waals surface area (Å²) < 4.78 is 5.54. The number of methoxy groups -OCH3 is 1. The number of hydrazine groups is 1. The van der Waals surface area contributed by atoms with E-state index >= 15 is 0 Å². The van der Waals surface area contributed by atoms with E-state index in [-0.39, 0.29) is 29.7 Å². The normalized spacial score (nSPS) is 19.0. The molecule has 26 heavy (non-hydrogen) atoms. The van der Waals surface area contributed by atoms with Crippen LogP contribution in [0.4, 0.5) is 0 Å². The van der Waals surface area contributed by atoms with E-state index in [1.54, 1.807) is 12.1 Å². The van der Waals surface area contributed by atoms with Gasteiger partial charge in [-0.1, -0.05) is 30.3 Å². The quantitative estimate of drug-likeness (QED) is 0.555. The van der Waals surface area contributed by atoms with Crippen molar-refractivity contribution in [2.75, 3.05) is 7.11 Å². The van der Waals surface area contributed by atoms with Gasteiger partial charge in [-0.25, -0.2) is 5.01 Å². The van der Waals surface area contributed by atoms with Crippen LogP contribution in [0.5, 0.6) is 11.5 Å². The molecule has 0 aromatic heterocycles. The van der Waals surface area contributed by atoms with E-state index in [1.165, 1.54) is 12.1 Å². The molecule has 0 bridgehead atoms. The molecule has 136 valence electrons. The van der Waals surface area contributed by atoms with Crippen LogP contribution in [0.15, 0.2) is 46.9 Å². The summed E-state index contributed by atoms with van der Waals surface area (Å²) >= 11 is 9.41. The first kappa shape index (κ1) is 18.5. The topological polar surface area (TPSA) is 78.9 Å². The largest absolute Gasteiger partial charge is 0.503 e. The van der Waals surface area contributed by atoms with Crippen LogP contribution in [0, 0.1) is 0 Å². The second-order valence-corrected chi connectivity index (χ2v) is 7.13. The number of ether oxygens (including phenoxy) is 1. The predicted molar refractivity (Wildman–Crippen MR) is 99.9 cm³/mol. The average Bonchev–Trinajstić information content (AvgIpc) is 2.64. The summed E-state index contributed by atoms with van der Waals surface area (Å²) in [5.74, 6) is -0.509. The van der Waals surface area contributed by atoms with E-state index < -0.39 is 11.4 Å². The Bertz CT molecular complexity index is 847. The lowest BCUT2D eigenvalue weighted by atomic mass is 9.95. The van der Waals surface area contributed by atoms with Crippen molar-refractivity contribution in [2.24, 2.45) is 0 Å².